The Hall–Kier alpha value is -1.49. The number of hydrogen-bond acceptors (Lipinski definition) is 0. The molecule has 0 saturated heterocycles. The Morgan fingerprint density at radius 3 is 2.05 bits per heavy atom. The van der Waals surface area contributed by atoms with Crippen molar-refractivity contribution >= 4 is 22.6 Å². The molecule has 96 valence electrons. The van der Waals surface area contributed by atoms with Gasteiger partial charge in [-0.05, 0) is 71.0 Å². The standard InChI is InChI=1S/C16H15IN2/c1-11-12(5-2-6-13(11)17)16(14-7-3-9-18-14)15-8-4-10-19-15/h2-10,16,18-19H,1H3. The van der Waals surface area contributed by atoms with Crippen molar-refractivity contribution in [3.63, 3.8) is 0 Å². The number of nitrogens with one attached hydrogen (secondary N) is 2. The Morgan fingerprint density at radius 1 is 0.895 bits per heavy atom. The molecule has 0 radical (unpaired) electrons. The second-order valence-corrected chi connectivity index (χ2v) is 5.80. The highest BCUT2D eigenvalue weighted by Crippen LogP contribution is 2.33. The van der Waals surface area contributed by atoms with Crippen molar-refractivity contribution in [2.45, 2.75) is 12.8 Å². The Balaban J connectivity index is 2.18. The highest BCUT2D eigenvalue weighted by Gasteiger charge is 2.20. The molecule has 2 heterocycles. The molecule has 2 N–H and O–H groups in total. The van der Waals surface area contributed by atoms with Crippen LogP contribution in [0.1, 0.15) is 28.4 Å². The minimum atomic E-state index is 0.236. The zero-order chi connectivity index (χ0) is 13.2. The number of benzene rings is 1. The van der Waals surface area contributed by atoms with Gasteiger partial charge in [0.15, 0.2) is 0 Å². The molecule has 2 nitrogen and oxygen atoms in total. The minimum Gasteiger partial charge on any atom is -0.364 e. The highest BCUT2D eigenvalue weighted by molar-refractivity contribution is 14.1. The summed E-state index contributed by atoms with van der Waals surface area (Å²) < 4.78 is 1.30. The fraction of sp³-hybridized carbons (Fsp3) is 0.125. The van der Waals surface area contributed by atoms with Crippen LogP contribution in [0.3, 0.4) is 0 Å². The number of rotatable bonds is 3. The van der Waals surface area contributed by atoms with Crippen molar-refractivity contribution in [1.29, 1.82) is 0 Å². The van der Waals surface area contributed by atoms with E-state index >= 15 is 0 Å². The molecule has 19 heavy (non-hydrogen) atoms. The zero-order valence-corrected chi connectivity index (χ0v) is 12.8. The van der Waals surface area contributed by atoms with Crippen LogP contribution in [0.25, 0.3) is 0 Å². The van der Waals surface area contributed by atoms with E-state index in [1.807, 2.05) is 12.4 Å². The van der Waals surface area contributed by atoms with Crippen LogP contribution in [0.5, 0.6) is 0 Å². The van der Waals surface area contributed by atoms with E-state index in [-0.39, 0.29) is 5.92 Å². The van der Waals surface area contributed by atoms with Crippen LogP contribution >= 0.6 is 22.6 Å². The van der Waals surface area contributed by atoms with E-state index < -0.39 is 0 Å². The molecule has 0 saturated carbocycles. The third-order valence-electron chi connectivity index (χ3n) is 3.49. The van der Waals surface area contributed by atoms with Gasteiger partial charge in [-0.15, -0.1) is 0 Å². The molecule has 3 aromatic rings. The molecule has 0 spiro atoms. The molecule has 3 rings (SSSR count). The lowest BCUT2D eigenvalue weighted by Crippen LogP contribution is -2.07. The summed E-state index contributed by atoms with van der Waals surface area (Å²) in [6.45, 7) is 2.19. The lowest BCUT2D eigenvalue weighted by Gasteiger charge is -2.18. The van der Waals surface area contributed by atoms with E-state index in [1.165, 1.54) is 26.1 Å². The van der Waals surface area contributed by atoms with Crippen molar-refractivity contribution in [1.82, 2.24) is 9.97 Å². The molecule has 0 atom stereocenters. The maximum absolute atomic E-state index is 3.35. The van der Waals surface area contributed by atoms with Crippen LogP contribution in [0.4, 0.5) is 0 Å². The van der Waals surface area contributed by atoms with Crippen molar-refractivity contribution < 1.29 is 0 Å². The van der Waals surface area contributed by atoms with Gasteiger partial charge in [0.2, 0.25) is 0 Å². The molecule has 0 aliphatic carbocycles. The van der Waals surface area contributed by atoms with Gasteiger partial charge in [-0.25, -0.2) is 0 Å². The van der Waals surface area contributed by atoms with Crippen LogP contribution in [0.2, 0.25) is 0 Å². The largest absolute Gasteiger partial charge is 0.364 e. The summed E-state index contributed by atoms with van der Waals surface area (Å²) in [4.78, 5) is 6.70. The van der Waals surface area contributed by atoms with Crippen LogP contribution in [-0.2, 0) is 0 Å². The normalized spacial score (nSPS) is 11.1. The molecule has 0 fully saturated rings. The summed E-state index contributed by atoms with van der Waals surface area (Å²) >= 11 is 2.40. The first-order chi connectivity index (χ1) is 9.27. The second kappa shape index (κ2) is 5.25. The van der Waals surface area contributed by atoms with E-state index in [1.54, 1.807) is 0 Å². The van der Waals surface area contributed by atoms with Gasteiger partial charge in [0.1, 0.15) is 0 Å². The first kappa shape index (κ1) is 12.5. The highest BCUT2D eigenvalue weighted by atomic mass is 127. The van der Waals surface area contributed by atoms with Gasteiger partial charge in [-0.3, -0.25) is 0 Å². The van der Waals surface area contributed by atoms with E-state index in [0.717, 1.165) is 0 Å². The van der Waals surface area contributed by atoms with E-state index in [4.69, 9.17) is 0 Å². The van der Waals surface area contributed by atoms with Crippen LogP contribution in [0, 0.1) is 10.5 Å². The fourth-order valence-corrected chi connectivity index (χ4v) is 3.01. The lowest BCUT2D eigenvalue weighted by molar-refractivity contribution is 0.887. The average Bonchev–Trinajstić information content (AvgIpc) is 3.08. The predicted octanol–water partition coefficient (Wildman–Crippen LogP) is 4.44. The van der Waals surface area contributed by atoms with Crippen molar-refractivity contribution in [3.05, 3.63) is 80.9 Å². The number of H-pyrrole nitrogens is 2. The molecule has 0 aliphatic rings. The Bertz CT molecular complexity index is 620. The van der Waals surface area contributed by atoms with E-state index in [9.17, 15) is 0 Å². The summed E-state index contributed by atoms with van der Waals surface area (Å²) in [5.74, 6) is 0.236. The number of hydrogen-bond donors (Lipinski definition) is 2. The van der Waals surface area contributed by atoms with Gasteiger partial charge in [-0.1, -0.05) is 12.1 Å². The van der Waals surface area contributed by atoms with Crippen molar-refractivity contribution in [3.8, 4) is 0 Å². The molecular formula is C16H15IN2. The van der Waals surface area contributed by atoms with Gasteiger partial charge < -0.3 is 9.97 Å². The average molecular weight is 362 g/mol. The molecular weight excluding hydrogens is 347 g/mol. The van der Waals surface area contributed by atoms with Crippen molar-refractivity contribution in [2.75, 3.05) is 0 Å². The third kappa shape index (κ3) is 2.34. The topological polar surface area (TPSA) is 31.6 Å². The fourth-order valence-electron chi connectivity index (χ4n) is 2.49. The third-order valence-corrected chi connectivity index (χ3v) is 4.66. The Morgan fingerprint density at radius 2 is 1.53 bits per heavy atom. The quantitative estimate of drug-likeness (QED) is 0.646. The maximum atomic E-state index is 3.35. The second-order valence-electron chi connectivity index (χ2n) is 4.64. The van der Waals surface area contributed by atoms with Crippen molar-refractivity contribution in [2.24, 2.45) is 0 Å². The molecule has 2 aromatic heterocycles. The summed E-state index contributed by atoms with van der Waals surface area (Å²) in [5, 5.41) is 0. The van der Waals surface area contributed by atoms with Crippen LogP contribution < -0.4 is 0 Å². The minimum absolute atomic E-state index is 0.236. The number of aromatic nitrogens is 2. The molecule has 1 aromatic carbocycles. The van der Waals surface area contributed by atoms with E-state index in [0.29, 0.717) is 0 Å². The summed E-state index contributed by atoms with van der Waals surface area (Å²) in [7, 11) is 0. The van der Waals surface area contributed by atoms with Gasteiger partial charge in [0, 0.05) is 27.4 Å². The maximum Gasteiger partial charge on any atom is 0.0644 e. The number of halogens is 1. The number of aromatic amines is 2. The first-order valence-corrected chi connectivity index (χ1v) is 7.37. The van der Waals surface area contributed by atoms with Gasteiger partial charge in [-0.2, -0.15) is 0 Å². The molecule has 0 unspecified atom stereocenters. The molecule has 0 aliphatic heterocycles. The lowest BCUT2D eigenvalue weighted by atomic mass is 9.89. The van der Waals surface area contributed by atoms with Gasteiger partial charge in [0.05, 0.1) is 5.92 Å². The smallest absolute Gasteiger partial charge is 0.0644 e. The van der Waals surface area contributed by atoms with Crippen LogP contribution in [0.15, 0.2) is 54.9 Å². The molecule has 3 heteroatoms. The van der Waals surface area contributed by atoms with E-state index in [2.05, 4.69) is 81.9 Å². The molecule has 0 amide bonds. The first-order valence-electron chi connectivity index (χ1n) is 6.29. The Labute approximate surface area is 126 Å². The van der Waals surface area contributed by atoms with Crippen LogP contribution in [-0.4, -0.2) is 9.97 Å². The summed E-state index contributed by atoms with van der Waals surface area (Å²) in [6.07, 6.45) is 3.96. The Kier molecular flexibility index (Phi) is 3.46. The SMILES string of the molecule is Cc1c(I)cccc1C(c1ccc[nH]1)c1ccc[nH]1. The predicted molar refractivity (Wildman–Crippen MR) is 86.4 cm³/mol. The summed E-state index contributed by atoms with van der Waals surface area (Å²) in [6, 6.07) is 14.9. The monoisotopic (exact) mass is 362 g/mol. The van der Waals surface area contributed by atoms with Gasteiger partial charge in [0.25, 0.3) is 0 Å². The zero-order valence-electron chi connectivity index (χ0n) is 10.7. The van der Waals surface area contributed by atoms with Gasteiger partial charge >= 0.3 is 0 Å². The molecule has 0 bridgehead atoms. The summed E-state index contributed by atoms with van der Waals surface area (Å²) in [5.41, 5.74) is 5.12.